The van der Waals surface area contributed by atoms with Crippen LogP contribution in [0.3, 0.4) is 0 Å². The Morgan fingerprint density at radius 1 is 0.800 bits per heavy atom. The first-order chi connectivity index (χ1) is 9.48. The smallest absolute Gasteiger partial charge is 0.332 e. The van der Waals surface area contributed by atoms with Gasteiger partial charge in [-0.1, -0.05) is 51.4 Å². The van der Waals surface area contributed by atoms with Crippen LogP contribution in [0.1, 0.15) is 71.1 Å². The third kappa shape index (κ3) is 14.5. The maximum absolute atomic E-state index is 9.82. The SMILES string of the molecule is CC(N)CCCCCCCCCC[Si](O)(O)CCCN. The molecule has 0 fully saturated rings. The van der Waals surface area contributed by atoms with Crippen LogP contribution in [-0.4, -0.2) is 30.7 Å². The summed E-state index contributed by atoms with van der Waals surface area (Å²) >= 11 is 0. The predicted octanol–water partition coefficient (Wildman–Crippen LogP) is 2.62. The van der Waals surface area contributed by atoms with E-state index in [2.05, 4.69) is 6.92 Å². The highest BCUT2D eigenvalue weighted by Crippen LogP contribution is 2.17. The third-order valence-electron chi connectivity index (χ3n) is 3.77. The van der Waals surface area contributed by atoms with Crippen LogP contribution in [-0.2, 0) is 0 Å². The average molecular weight is 305 g/mol. The van der Waals surface area contributed by atoms with Gasteiger partial charge in [0.05, 0.1) is 0 Å². The van der Waals surface area contributed by atoms with Crippen molar-refractivity contribution in [3.8, 4) is 0 Å². The molecule has 0 aliphatic carbocycles. The van der Waals surface area contributed by atoms with E-state index < -0.39 is 8.56 Å². The molecule has 0 amide bonds. The number of unbranched alkanes of at least 4 members (excludes halogenated alkanes) is 7. The highest BCUT2D eigenvalue weighted by atomic mass is 28.4. The summed E-state index contributed by atoms with van der Waals surface area (Å²) in [6.45, 7) is 2.62. The van der Waals surface area contributed by atoms with Crippen LogP contribution in [0.2, 0.25) is 12.1 Å². The Hall–Kier alpha value is 0.0569. The van der Waals surface area contributed by atoms with Crippen LogP contribution in [0.4, 0.5) is 0 Å². The zero-order chi connectivity index (χ0) is 15.3. The lowest BCUT2D eigenvalue weighted by Gasteiger charge is -2.17. The molecule has 0 aliphatic heterocycles. The Morgan fingerprint density at radius 3 is 1.75 bits per heavy atom. The van der Waals surface area contributed by atoms with Crippen molar-refractivity contribution in [3.63, 3.8) is 0 Å². The molecule has 0 aromatic heterocycles. The third-order valence-corrected chi connectivity index (χ3v) is 6.08. The molecule has 1 unspecified atom stereocenters. The monoisotopic (exact) mass is 304 g/mol. The van der Waals surface area contributed by atoms with Gasteiger partial charge in [0.25, 0.3) is 0 Å². The number of hydrogen-bond acceptors (Lipinski definition) is 4. The van der Waals surface area contributed by atoms with E-state index in [1.165, 1.54) is 38.5 Å². The molecule has 0 saturated heterocycles. The molecule has 0 heterocycles. The maximum atomic E-state index is 9.82. The van der Waals surface area contributed by atoms with E-state index in [-0.39, 0.29) is 0 Å². The summed E-state index contributed by atoms with van der Waals surface area (Å²) in [5.74, 6) is 0. The molecule has 0 aromatic carbocycles. The summed E-state index contributed by atoms with van der Waals surface area (Å²) in [7, 11) is -2.91. The van der Waals surface area contributed by atoms with Gasteiger partial charge < -0.3 is 21.1 Å². The molecule has 20 heavy (non-hydrogen) atoms. The number of rotatable bonds is 14. The summed E-state index contributed by atoms with van der Waals surface area (Å²) in [6.07, 6.45) is 11.6. The first kappa shape index (κ1) is 20.1. The van der Waals surface area contributed by atoms with E-state index in [4.69, 9.17) is 11.5 Å². The van der Waals surface area contributed by atoms with Gasteiger partial charge in [-0.05, 0) is 38.4 Å². The molecule has 5 heteroatoms. The largest absolute Gasteiger partial charge is 0.411 e. The Bertz CT molecular complexity index is 214. The molecule has 0 radical (unpaired) electrons. The van der Waals surface area contributed by atoms with Gasteiger partial charge in [-0.2, -0.15) is 0 Å². The second kappa shape index (κ2) is 12.8. The summed E-state index contributed by atoms with van der Waals surface area (Å²) in [5.41, 5.74) is 11.1. The standard InChI is InChI=1S/C15H36N2O2Si/c1-15(17)11-8-6-4-2-3-5-7-9-13-20(18,19)14-10-12-16/h15,18-19H,2-14,16-17H2,1H3. The van der Waals surface area contributed by atoms with Crippen LogP contribution in [0.25, 0.3) is 0 Å². The normalized spacial score (nSPS) is 13.7. The molecule has 122 valence electrons. The van der Waals surface area contributed by atoms with Gasteiger partial charge in [0.2, 0.25) is 0 Å². The van der Waals surface area contributed by atoms with Crippen LogP contribution < -0.4 is 11.5 Å². The van der Waals surface area contributed by atoms with Crippen molar-refractivity contribution in [3.05, 3.63) is 0 Å². The lowest BCUT2D eigenvalue weighted by Crippen LogP contribution is -2.34. The van der Waals surface area contributed by atoms with Gasteiger partial charge in [-0.15, -0.1) is 0 Å². The summed E-state index contributed by atoms with van der Waals surface area (Å²) in [5, 5.41) is 0. The fourth-order valence-electron chi connectivity index (χ4n) is 2.45. The minimum atomic E-state index is -2.91. The molecule has 1 atom stereocenters. The lowest BCUT2D eigenvalue weighted by atomic mass is 10.1. The first-order valence-corrected chi connectivity index (χ1v) is 10.7. The van der Waals surface area contributed by atoms with Gasteiger partial charge in [0.1, 0.15) is 0 Å². The molecular weight excluding hydrogens is 268 g/mol. The lowest BCUT2D eigenvalue weighted by molar-refractivity contribution is 0.352. The molecule has 0 rings (SSSR count). The molecule has 0 aromatic rings. The minimum absolute atomic E-state index is 0.343. The first-order valence-electron chi connectivity index (χ1n) is 8.38. The Kier molecular flexibility index (Phi) is 12.8. The molecule has 0 bridgehead atoms. The van der Waals surface area contributed by atoms with Crippen molar-refractivity contribution in [2.45, 2.75) is 89.3 Å². The Balaban J connectivity index is 3.24. The van der Waals surface area contributed by atoms with Crippen LogP contribution in [0.15, 0.2) is 0 Å². The minimum Gasteiger partial charge on any atom is -0.411 e. The topological polar surface area (TPSA) is 92.5 Å². The van der Waals surface area contributed by atoms with E-state index in [0.29, 0.717) is 24.7 Å². The van der Waals surface area contributed by atoms with Crippen molar-refractivity contribution in [1.82, 2.24) is 0 Å². The zero-order valence-electron chi connectivity index (χ0n) is 13.3. The molecule has 6 N–H and O–H groups in total. The number of hydrogen-bond donors (Lipinski definition) is 4. The highest BCUT2D eigenvalue weighted by molar-refractivity contribution is 6.64. The van der Waals surface area contributed by atoms with Crippen molar-refractivity contribution in [2.75, 3.05) is 6.54 Å². The molecule has 4 nitrogen and oxygen atoms in total. The summed E-state index contributed by atoms with van der Waals surface area (Å²) in [6, 6.07) is 1.49. The van der Waals surface area contributed by atoms with E-state index in [0.717, 1.165) is 25.7 Å². The highest BCUT2D eigenvalue weighted by Gasteiger charge is 2.26. The van der Waals surface area contributed by atoms with Gasteiger partial charge >= 0.3 is 8.56 Å². The summed E-state index contributed by atoms with van der Waals surface area (Å²) < 4.78 is 0. The molecular formula is C15H36N2O2Si. The zero-order valence-corrected chi connectivity index (χ0v) is 14.3. The van der Waals surface area contributed by atoms with E-state index >= 15 is 0 Å². The van der Waals surface area contributed by atoms with Gasteiger partial charge in [0, 0.05) is 6.04 Å². The quantitative estimate of drug-likeness (QED) is 0.293. The fourth-order valence-corrected chi connectivity index (χ4v) is 4.28. The van der Waals surface area contributed by atoms with Crippen molar-refractivity contribution < 1.29 is 9.59 Å². The maximum Gasteiger partial charge on any atom is 0.332 e. The van der Waals surface area contributed by atoms with Crippen LogP contribution in [0, 0.1) is 0 Å². The van der Waals surface area contributed by atoms with Crippen molar-refractivity contribution >= 4 is 8.56 Å². The van der Waals surface area contributed by atoms with E-state index in [1.807, 2.05) is 0 Å². The molecule has 0 spiro atoms. The van der Waals surface area contributed by atoms with E-state index in [1.54, 1.807) is 0 Å². The second-order valence-electron chi connectivity index (χ2n) is 6.22. The predicted molar refractivity (Wildman–Crippen MR) is 88.7 cm³/mol. The molecule has 0 saturated carbocycles. The number of nitrogens with two attached hydrogens (primary N) is 2. The van der Waals surface area contributed by atoms with Gasteiger partial charge in [-0.3, -0.25) is 0 Å². The van der Waals surface area contributed by atoms with E-state index in [9.17, 15) is 9.59 Å². The second-order valence-corrected chi connectivity index (χ2v) is 9.18. The van der Waals surface area contributed by atoms with Crippen molar-refractivity contribution in [1.29, 1.82) is 0 Å². The fraction of sp³-hybridized carbons (Fsp3) is 1.00. The van der Waals surface area contributed by atoms with Crippen molar-refractivity contribution in [2.24, 2.45) is 11.5 Å². The van der Waals surface area contributed by atoms with Gasteiger partial charge in [0.15, 0.2) is 0 Å². The summed E-state index contributed by atoms with van der Waals surface area (Å²) in [4.78, 5) is 19.6. The average Bonchev–Trinajstić information content (AvgIpc) is 2.38. The van der Waals surface area contributed by atoms with Crippen LogP contribution in [0.5, 0.6) is 0 Å². The Morgan fingerprint density at radius 2 is 1.25 bits per heavy atom. The van der Waals surface area contributed by atoms with Gasteiger partial charge in [-0.25, -0.2) is 0 Å². The van der Waals surface area contributed by atoms with Crippen LogP contribution >= 0.6 is 0 Å². The Labute approximate surface area is 126 Å². The molecule has 0 aliphatic rings.